The number of anilines is 2. The third-order valence-electron chi connectivity index (χ3n) is 3.71. The zero-order valence-corrected chi connectivity index (χ0v) is 14.2. The number of carbonyl (C=O) groups excluding carboxylic acids is 1. The summed E-state index contributed by atoms with van der Waals surface area (Å²) in [5.74, 6) is 2.60. The van der Waals surface area contributed by atoms with E-state index in [0.717, 1.165) is 22.5 Å². The molecule has 0 aliphatic rings. The van der Waals surface area contributed by atoms with Crippen LogP contribution in [0.3, 0.4) is 0 Å². The van der Waals surface area contributed by atoms with Crippen LogP contribution in [0.25, 0.3) is 11.3 Å². The van der Waals surface area contributed by atoms with Crippen LogP contribution < -0.4 is 10.6 Å². The number of nitrogens with zero attached hydrogens (tertiary/aromatic N) is 3. The molecule has 0 spiro atoms. The van der Waals surface area contributed by atoms with Gasteiger partial charge in [0.15, 0.2) is 0 Å². The van der Waals surface area contributed by atoms with Gasteiger partial charge in [0.2, 0.25) is 5.95 Å². The minimum absolute atomic E-state index is 0.186. The van der Waals surface area contributed by atoms with E-state index < -0.39 is 0 Å². The van der Waals surface area contributed by atoms with Crippen LogP contribution in [0.15, 0.2) is 55.0 Å². The molecule has 0 fully saturated rings. The fourth-order valence-electron chi connectivity index (χ4n) is 2.35. The molecular formula is C20H17N5O. The summed E-state index contributed by atoms with van der Waals surface area (Å²) in [6, 6.07) is 11.0. The SMILES string of the molecule is C#CCNC(=O)c1ccc(C)c(Nc2nccc(-c3cccnc3)n2)c1. The molecule has 0 aliphatic carbocycles. The lowest BCUT2D eigenvalue weighted by Gasteiger charge is -2.11. The van der Waals surface area contributed by atoms with Gasteiger partial charge in [0.05, 0.1) is 12.2 Å². The first kappa shape index (κ1) is 17.1. The molecule has 6 nitrogen and oxygen atoms in total. The van der Waals surface area contributed by atoms with E-state index in [-0.39, 0.29) is 12.5 Å². The van der Waals surface area contributed by atoms with Gasteiger partial charge in [-0.1, -0.05) is 12.0 Å². The molecule has 3 aromatic rings. The maximum atomic E-state index is 12.1. The predicted molar refractivity (Wildman–Crippen MR) is 101 cm³/mol. The van der Waals surface area contributed by atoms with E-state index in [4.69, 9.17) is 6.42 Å². The molecule has 1 aromatic carbocycles. The van der Waals surface area contributed by atoms with Crippen LogP contribution in [0, 0.1) is 19.3 Å². The Morgan fingerprint density at radius 1 is 1.23 bits per heavy atom. The van der Waals surface area contributed by atoms with Crippen LogP contribution in [-0.2, 0) is 0 Å². The van der Waals surface area contributed by atoms with E-state index in [1.165, 1.54) is 0 Å². The molecule has 6 heteroatoms. The predicted octanol–water partition coefficient (Wildman–Crippen LogP) is 2.95. The first-order chi connectivity index (χ1) is 12.7. The number of carbonyl (C=O) groups is 1. The number of benzene rings is 1. The quantitative estimate of drug-likeness (QED) is 0.696. The van der Waals surface area contributed by atoms with E-state index in [1.807, 2.05) is 31.2 Å². The first-order valence-electron chi connectivity index (χ1n) is 8.00. The Hall–Kier alpha value is -3.72. The van der Waals surface area contributed by atoms with Crippen molar-refractivity contribution >= 4 is 17.5 Å². The Kier molecular flexibility index (Phi) is 5.20. The van der Waals surface area contributed by atoms with Gasteiger partial charge in [-0.25, -0.2) is 9.97 Å². The molecular weight excluding hydrogens is 326 g/mol. The molecule has 0 unspecified atom stereocenters. The van der Waals surface area contributed by atoms with Crippen LogP contribution >= 0.6 is 0 Å². The Morgan fingerprint density at radius 3 is 2.88 bits per heavy atom. The van der Waals surface area contributed by atoms with Crippen molar-refractivity contribution < 1.29 is 4.79 Å². The van der Waals surface area contributed by atoms with Gasteiger partial charge in [-0.2, -0.15) is 0 Å². The van der Waals surface area contributed by atoms with Crippen molar-refractivity contribution in [3.8, 4) is 23.6 Å². The largest absolute Gasteiger partial charge is 0.341 e. The Balaban J connectivity index is 1.85. The second-order valence-electron chi connectivity index (χ2n) is 5.55. The molecule has 0 bridgehead atoms. The van der Waals surface area contributed by atoms with Gasteiger partial charge in [0, 0.05) is 35.4 Å². The highest BCUT2D eigenvalue weighted by molar-refractivity contribution is 5.95. The molecule has 0 aliphatic heterocycles. The van der Waals surface area contributed by atoms with E-state index >= 15 is 0 Å². The third kappa shape index (κ3) is 4.02. The lowest BCUT2D eigenvalue weighted by Crippen LogP contribution is -2.23. The fourth-order valence-corrected chi connectivity index (χ4v) is 2.35. The van der Waals surface area contributed by atoms with E-state index in [2.05, 4.69) is 31.5 Å². The number of rotatable bonds is 5. The molecule has 0 radical (unpaired) electrons. The zero-order chi connectivity index (χ0) is 18.4. The van der Waals surface area contributed by atoms with Crippen molar-refractivity contribution in [2.75, 3.05) is 11.9 Å². The molecule has 0 atom stereocenters. The minimum atomic E-state index is -0.226. The van der Waals surface area contributed by atoms with Crippen LogP contribution in [0.5, 0.6) is 0 Å². The van der Waals surface area contributed by atoms with Gasteiger partial charge in [-0.05, 0) is 42.8 Å². The second-order valence-corrected chi connectivity index (χ2v) is 5.55. The van der Waals surface area contributed by atoms with Crippen molar-refractivity contribution in [2.24, 2.45) is 0 Å². The van der Waals surface area contributed by atoms with Crippen molar-refractivity contribution in [1.82, 2.24) is 20.3 Å². The summed E-state index contributed by atoms with van der Waals surface area (Å²) >= 11 is 0. The number of pyridine rings is 1. The third-order valence-corrected chi connectivity index (χ3v) is 3.71. The Bertz CT molecular complexity index is 963. The number of terminal acetylenes is 1. The fraction of sp³-hybridized carbons (Fsp3) is 0.100. The summed E-state index contributed by atoms with van der Waals surface area (Å²) in [5, 5.41) is 5.82. The summed E-state index contributed by atoms with van der Waals surface area (Å²) in [4.78, 5) is 25.0. The summed E-state index contributed by atoms with van der Waals surface area (Å²) in [6.07, 6.45) is 10.3. The molecule has 3 rings (SSSR count). The summed E-state index contributed by atoms with van der Waals surface area (Å²) < 4.78 is 0. The maximum absolute atomic E-state index is 12.1. The zero-order valence-electron chi connectivity index (χ0n) is 14.2. The number of aryl methyl sites for hydroxylation is 1. The first-order valence-corrected chi connectivity index (χ1v) is 8.00. The number of aromatic nitrogens is 3. The van der Waals surface area contributed by atoms with Crippen molar-refractivity contribution in [1.29, 1.82) is 0 Å². The highest BCUT2D eigenvalue weighted by Gasteiger charge is 2.09. The molecule has 1 amide bonds. The van der Waals surface area contributed by atoms with Crippen LogP contribution in [0.2, 0.25) is 0 Å². The highest BCUT2D eigenvalue weighted by atomic mass is 16.1. The van der Waals surface area contributed by atoms with Crippen molar-refractivity contribution in [3.05, 3.63) is 66.1 Å². The lowest BCUT2D eigenvalue weighted by atomic mass is 10.1. The Labute approximate surface area is 151 Å². The van der Waals surface area contributed by atoms with E-state index in [1.54, 1.807) is 30.7 Å². The van der Waals surface area contributed by atoms with Crippen LogP contribution in [0.4, 0.5) is 11.6 Å². The standard InChI is InChI=1S/C20H17N5O/c1-3-9-22-19(26)15-7-6-14(2)18(12-15)25-20-23-11-8-17(24-20)16-5-4-10-21-13-16/h1,4-8,10-13H,9H2,2H3,(H,22,26)(H,23,24,25). The summed E-state index contributed by atoms with van der Waals surface area (Å²) in [7, 11) is 0. The van der Waals surface area contributed by atoms with Gasteiger partial charge in [0.1, 0.15) is 0 Å². The average Bonchev–Trinajstić information content (AvgIpc) is 2.68. The number of nitrogens with one attached hydrogen (secondary N) is 2. The molecule has 2 aromatic heterocycles. The van der Waals surface area contributed by atoms with Gasteiger partial charge in [-0.15, -0.1) is 6.42 Å². The van der Waals surface area contributed by atoms with Crippen molar-refractivity contribution in [2.45, 2.75) is 6.92 Å². The monoisotopic (exact) mass is 343 g/mol. The number of hydrogen-bond donors (Lipinski definition) is 2. The van der Waals surface area contributed by atoms with E-state index in [0.29, 0.717) is 11.5 Å². The normalized spacial score (nSPS) is 10.0. The van der Waals surface area contributed by atoms with Crippen LogP contribution in [0.1, 0.15) is 15.9 Å². The highest BCUT2D eigenvalue weighted by Crippen LogP contribution is 2.22. The molecule has 128 valence electrons. The average molecular weight is 343 g/mol. The van der Waals surface area contributed by atoms with Crippen LogP contribution in [-0.4, -0.2) is 27.4 Å². The van der Waals surface area contributed by atoms with Gasteiger partial charge < -0.3 is 10.6 Å². The molecule has 0 saturated carbocycles. The molecule has 26 heavy (non-hydrogen) atoms. The second kappa shape index (κ2) is 7.90. The topological polar surface area (TPSA) is 79.8 Å². The number of hydrogen-bond acceptors (Lipinski definition) is 5. The minimum Gasteiger partial charge on any atom is -0.341 e. The Morgan fingerprint density at radius 2 is 2.12 bits per heavy atom. The summed E-state index contributed by atoms with van der Waals surface area (Å²) in [5.41, 5.74) is 3.89. The molecule has 2 N–H and O–H groups in total. The maximum Gasteiger partial charge on any atom is 0.252 e. The number of amides is 1. The van der Waals surface area contributed by atoms with Gasteiger partial charge in [0.25, 0.3) is 5.91 Å². The van der Waals surface area contributed by atoms with Gasteiger partial charge >= 0.3 is 0 Å². The summed E-state index contributed by atoms with van der Waals surface area (Å²) in [6.45, 7) is 2.13. The van der Waals surface area contributed by atoms with E-state index in [9.17, 15) is 4.79 Å². The van der Waals surface area contributed by atoms with Gasteiger partial charge in [-0.3, -0.25) is 9.78 Å². The lowest BCUT2D eigenvalue weighted by molar-refractivity contribution is 0.0958. The molecule has 2 heterocycles. The molecule has 0 saturated heterocycles. The smallest absolute Gasteiger partial charge is 0.252 e. The van der Waals surface area contributed by atoms with Crippen molar-refractivity contribution in [3.63, 3.8) is 0 Å².